The number of nitrogens with zero attached hydrogens (tertiary/aromatic N) is 2. The van der Waals surface area contributed by atoms with E-state index in [2.05, 4.69) is 5.10 Å². The third-order valence-electron chi connectivity index (χ3n) is 3.06. The molecule has 0 fully saturated rings. The van der Waals surface area contributed by atoms with Gasteiger partial charge < -0.3 is 4.74 Å². The molecule has 2 aromatic carbocycles. The summed E-state index contributed by atoms with van der Waals surface area (Å²) in [6.45, 7) is 0.0864. The van der Waals surface area contributed by atoms with Crippen LogP contribution in [0.15, 0.2) is 59.7 Å². The molecule has 0 aliphatic heterocycles. The summed E-state index contributed by atoms with van der Waals surface area (Å²) >= 11 is 0. The second-order valence-electron chi connectivity index (χ2n) is 4.93. The van der Waals surface area contributed by atoms with Gasteiger partial charge in [-0.05, 0) is 23.3 Å². The van der Waals surface area contributed by atoms with E-state index in [1.807, 2.05) is 18.2 Å². The summed E-state index contributed by atoms with van der Waals surface area (Å²) in [5, 5.41) is 4.72. The van der Waals surface area contributed by atoms with Crippen LogP contribution in [0.5, 0.6) is 0 Å². The number of rotatable bonds is 4. The zero-order valence-corrected chi connectivity index (χ0v) is 12.8. The van der Waals surface area contributed by atoms with Crippen molar-refractivity contribution in [3.05, 3.63) is 71.3 Å². The zero-order chi connectivity index (χ0) is 17.6. The highest BCUT2D eigenvalue weighted by molar-refractivity contribution is 5.81. The number of hydrazone groups is 1. The van der Waals surface area contributed by atoms with Crippen LogP contribution in [0.3, 0.4) is 0 Å². The van der Waals surface area contributed by atoms with E-state index in [1.165, 1.54) is 25.4 Å². The molecule has 1 amide bonds. The highest BCUT2D eigenvalue weighted by Gasteiger charge is 2.30. The van der Waals surface area contributed by atoms with Crippen molar-refractivity contribution in [1.82, 2.24) is 5.01 Å². The summed E-state index contributed by atoms with van der Waals surface area (Å²) in [7, 11) is 1.36. The third-order valence-corrected chi connectivity index (χ3v) is 3.06. The molecule has 0 aromatic heterocycles. The Labute approximate surface area is 137 Å². The Hall–Kier alpha value is -2.83. The predicted molar refractivity (Wildman–Crippen MR) is 83.4 cm³/mol. The molecule has 0 atom stereocenters. The van der Waals surface area contributed by atoms with Gasteiger partial charge in [-0.3, -0.25) is 0 Å². The maximum absolute atomic E-state index is 12.6. The first kappa shape index (κ1) is 17.5. The molecule has 0 unspecified atom stereocenters. The van der Waals surface area contributed by atoms with Gasteiger partial charge in [0.2, 0.25) is 0 Å². The van der Waals surface area contributed by atoms with Crippen LogP contribution in [-0.4, -0.2) is 24.4 Å². The Balaban J connectivity index is 1.94. The average Bonchev–Trinajstić information content (AvgIpc) is 2.58. The zero-order valence-electron chi connectivity index (χ0n) is 12.8. The van der Waals surface area contributed by atoms with Crippen LogP contribution in [0.4, 0.5) is 18.0 Å². The fraction of sp³-hybridized carbons (Fsp3) is 0.176. The monoisotopic (exact) mass is 336 g/mol. The van der Waals surface area contributed by atoms with E-state index >= 15 is 0 Å². The molecule has 2 rings (SSSR count). The molecular weight excluding hydrogens is 321 g/mol. The molecule has 4 nitrogen and oxygen atoms in total. The standard InChI is InChI=1S/C17H15F3N2O2/c1-22(16(23)24-12-13-6-3-2-4-7-13)21-11-14-8-5-9-15(10-14)17(18,19)20/h2-11H,12H2,1H3/b21-11-. The van der Waals surface area contributed by atoms with Crippen LogP contribution < -0.4 is 0 Å². The third kappa shape index (κ3) is 5.12. The van der Waals surface area contributed by atoms with Gasteiger partial charge in [-0.15, -0.1) is 0 Å². The number of ether oxygens (including phenoxy) is 1. The maximum Gasteiger partial charge on any atom is 0.430 e. The summed E-state index contributed by atoms with van der Waals surface area (Å²) in [6.07, 6.45) is -3.97. The Kier molecular flexibility index (Phi) is 5.57. The first-order valence-corrected chi connectivity index (χ1v) is 7.02. The number of hydrogen-bond donors (Lipinski definition) is 0. The Morgan fingerprint density at radius 2 is 1.88 bits per heavy atom. The summed E-state index contributed by atoms with van der Waals surface area (Å²) in [6, 6.07) is 13.7. The molecule has 0 N–H and O–H groups in total. The molecule has 0 aliphatic rings. The van der Waals surface area contributed by atoms with Gasteiger partial charge in [0.05, 0.1) is 11.8 Å². The molecule has 0 saturated heterocycles. The van der Waals surface area contributed by atoms with Gasteiger partial charge in [0.25, 0.3) is 0 Å². The lowest BCUT2D eigenvalue weighted by Gasteiger charge is -2.11. The highest BCUT2D eigenvalue weighted by atomic mass is 19.4. The van der Waals surface area contributed by atoms with E-state index in [9.17, 15) is 18.0 Å². The summed E-state index contributed by atoms with van der Waals surface area (Å²) in [4.78, 5) is 11.8. The van der Waals surface area contributed by atoms with Crippen molar-refractivity contribution < 1.29 is 22.7 Å². The minimum atomic E-state index is -4.43. The van der Waals surface area contributed by atoms with Crippen LogP contribution in [-0.2, 0) is 17.5 Å². The molecule has 0 saturated carbocycles. The number of halogens is 3. The molecule has 0 spiro atoms. The van der Waals surface area contributed by atoms with Crippen molar-refractivity contribution >= 4 is 12.3 Å². The first-order chi connectivity index (χ1) is 11.4. The smallest absolute Gasteiger partial charge is 0.430 e. The van der Waals surface area contributed by atoms with Gasteiger partial charge in [0, 0.05) is 7.05 Å². The summed E-state index contributed by atoms with van der Waals surface area (Å²) in [5.41, 5.74) is 0.273. The second kappa shape index (κ2) is 7.63. The molecule has 0 aliphatic carbocycles. The molecule has 0 heterocycles. The summed E-state index contributed by atoms with van der Waals surface area (Å²) < 4.78 is 42.9. The van der Waals surface area contributed by atoms with Gasteiger partial charge in [0.15, 0.2) is 0 Å². The lowest BCUT2D eigenvalue weighted by molar-refractivity contribution is -0.137. The van der Waals surface area contributed by atoms with E-state index in [0.717, 1.165) is 22.7 Å². The molecule has 126 valence electrons. The molecule has 2 aromatic rings. The van der Waals surface area contributed by atoms with Crippen LogP contribution in [0.2, 0.25) is 0 Å². The quantitative estimate of drug-likeness (QED) is 0.617. The molecule has 0 bridgehead atoms. The first-order valence-electron chi connectivity index (χ1n) is 7.02. The minimum absolute atomic E-state index is 0.0864. The van der Waals surface area contributed by atoms with E-state index in [4.69, 9.17) is 4.74 Å². The SMILES string of the molecule is CN(/N=C\c1cccc(C(F)(F)F)c1)C(=O)OCc1ccccc1. The van der Waals surface area contributed by atoms with E-state index < -0.39 is 17.8 Å². The molecular formula is C17H15F3N2O2. The normalized spacial score (nSPS) is 11.5. The van der Waals surface area contributed by atoms with Gasteiger partial charge in [-0.25, -0.2) is 9.80 Å². The molecule has 0 radical (unpaired) electrons. The fourth-order valence-electron chi connectivity index (χ4n) is 1.81. The van der Waals surface area contributed by atoms with E-state index in [0.29, 0.717) is 0 Å². The maximum atomic E-state index is 12.6. The molecule has 7 heteroatoms. The number of carbonyl (C=O) groups excluding carboxylic acids is 1. The Morgan fingerprint density at radius 3 is 2.54 bits per heavy atom. The number of benzene rings is 2. The molecule has 24 heavy (non-hydrogen) atoms. The second-order valence-corrected chi connectivity index (χ2v) is 4.93. The van der Waals surface area contributed by atoms with Crippen molar-refractivity contribution in [2.45, 2.75) is 12.8 Å². The average molecular weight is 336 g/mol. The topological polar surface area (TPSA) is 41.9 Å². The van der Waals surface area contributed by atoms with Crippen molar-refractivity contribution in [2.24, 2.45) is 5.10 Å². The lowest BCUT2D eigenvalue weighted by atomic mass is 10.1. The van der Waals surface area contributed by atoms with Crippen LogP contribution in [0.1, 0.15) is 16.7 Å². The number of alkyl halides is 3. The van der Waals surface area contributed by atoms with Crippen molar-refractivity contribution in [3.63, 3.8) is 0 Å². The van der Waals surface area contributed by atoms with Gasteiger partial charge in [0.1, 0.15) is 6.61 Å². The van der Waals surface area contributed by atoms with Crippen molar-refractivity contribution in [1.29, 1.82) is 0 Å². The van der Waals surface area contributed by atoms with E-state index in [1.54, 1.807) is 12.1 Å². The van der Waals surface area contributed by atoms with Gasteiger partial charge in [-0.1, -0.05) is 42.5 Å². The van der Waals surface area contributed by atoms with Gasteiger partial charge in [-0.2, -0.15) is 18.3 Å². The van der Waals surface area contributed by atoms with Crippen molar-refractivity contribution in [3.8, 4) is 0 Å². The lowest BCUT2D eigenvalue weighted by Crippen LogP contribution is -2.22. The largest absolute Gasteiger partial charge is 0.443 e. The van der Waals surface area contributed by atoms with Crippen LogP contribution in [0.25, 0.3) is 0 Å². The number of amides is 1. The van der Waals surface area contributed by atoms with Crippen LogP contribution in [0, 0.1) is 0 Å². The predicted octanol–water partition coefficient (Wildman–Crippen LogP) is 4.31. The Morgan fingerprint density at radius 1 is 1.17 bits per heavy atom. The van der Waals surface area contributed by atoms with Gasteiger partial charge >= 0.3 is 12.3 Å². The highest BCUT2D eigenvalue weighted by Crippen LogP contribution is 2.29. The van der Waals surface area contributed by atoms with Crippen LogP contribution >= 0.6 is 0 Å². The number of carbonyl (C=O) groups is 1. The van der Waals surface area contributed by atoms with Crippen molar-refractivity contribution in [2.75, 3.05) is 7.05 Å². The Bertz CT molecular complexity index is 715. The minimum Gasteiger partial charge on any atom is -0.443 e. The fourth-order valence-corrected chi connectivity index (χ4v) is 1.81. The number of hydrogen-bond acceptors (Lipinski definition) is 3. The summed E-state index contributed by atoms with van der Waals surface area (Å²) in [5.74, 6) is 0. The van der Waals surface area contributed by atoms with E-state index in [-0.39, 0.29) is 12.2 Å².